The topological polar surface area (TPSA) is 81.6 Å². The van der Waals surface area contributed by atoms with Gasteiger partial charge < -0.3 is 14.1 Å². The summed E-state index contributed by atoms with van der Waals surface area (Å²) in [7, 11) is 0. The van der Waals surface area contributed by atoms with Crippen molar-refractivity contribution in [3.63, 3.8) is 0 Å². The van der Waals surface area contributed by atoms with Gasteiger partial charge in [0.2, 0.25) is 0 Å². The predicted octanol–water partition coefficient (Wildman–Crippen LogP) is 4.00. The van der Waals surface area contributed by atoms with Gasteiger partial charge in [0.1, 0.15) is 35.3 Å². The number of nitrogens with zero attached hydrogens (tertiary/aromatic N) is 3. The lowest BCUT2D eigenvalue weighted by atomic mass is 10.3. The molecule has 0 unspecified atom stereocenters. The number of ether oxygens (including phenoxy) is 1. The summed E-state index contributed by atoms with van der Waals surface area (Å²) >= 11 is 5.92. The second-order valence-corrected chi connectivity index (χ2v) is 6.15. The zero-order valence-corrected chi connectivity index (χ0v) is 15.5. The third-order valence-corrected chi connectivity index (χ3v) is 4.19. The average Bonchev–Trinajstić information content (AvgIpc) is 3.27. The van der Waals surface area contributed by atoms with Crippen LogP contribution in [0.2, 0.25) is 5.02 Å². The van der Waals surface area contributed by atoms with E-state index >= 15 is 0 Å². The Morgan fingerprint density at radius 3 is 2.78 bits per heavy atom. The average molecular weight is 394 g/mol. The van der Waals surface area contributed by atoms with Gasteiger partial charge in [0.25, 0.3) is 5.91 Å². The van der Waals surface area contributed by atoms with Gasteiger partial charge >= 0.3 is 0 Å². The first kappa shape index (κ1) is 18.9. The van der Waals surface area contributed by atoms with Crippen molar-refractivity contribution < 1.29 is 23.0 Å². The maximum Gasteiger partial charge on any atom is 0.289 e. The van der Waals surface area contributed by atoms with E-state index in [0.29, 0.717) is 29.4 Å². The number of amides is 1. The minimum Gasteiger partial charge on any atom is -0.484 e. The van der Waals surface area contributed by atoms with E-state index in [9.17, 15) is 9.18 Å². The molecule has 0 aliphatic carbocycles. The summed E-state index contributed by atoms with van der Waals surface area (Å²) in [4.78, 5) is 14.2. The molecule has 0 aliphatic heterocycles. The van der Waals surface area contributed by atoms with E-state index in [2.05, 4.69) is 14.9 Å². The molecule has 0 saturated heterocycles. The van der Waals surface area contributed by atoms with Crippen molar-refractivity contribution in [2.45, 2.75) is 27.0 Å². The summed E-state index contributed by atoms with van der Waals surface area (Å²) in [6.45, 7) is 4.39. The molecule has 3 aromatic rings. The van der Waals surface area contributed by atoms with E-state index in [4.69, 9.17) is 20.8 Å². The molecule has 142 valence electrons. The molecule has 0 bridgehead atoms. The molecule has 0 spiro atoms. The zero-order valence-electron chi connectivity index (χ0n) is 14.7. The smallest absolute Gasteiger partial charge is 0.289 e. The molecule has 1 amide bonds. The van der Waals surface area contributed by atoms with Crippen molar-refractivity contribution >= 4 is 17.5 Å². The van der Waals surface area contributed by atoms with Crippen LogP contribution in [0.25, 0.3) is 0 Å². The maximum absolute atomic E-state index is 13.1. The van der Waals surface area contributed by atoms with Crippen molar-refractivity contribution in [1.29, 1.82) is 0 Å². The highest BCUT2D eigenvalue weighted by atomic mass is 35.5. The van der Waals surface area contributed by atoms with E-state index in [-0.39, 0.29) is 29.8 Å². The van der Waals surface area contributed by atoms with Crippen LogP contribution in [-0.4, -0.2) is 27.7 Å². The molecule has 3 rings (SSSR count). The molecule has 2 aromatic heterocycles. The third kappa shape index (κ3) is 4.46. The van der Waals surface area contributed by atoms with E-state index in [1.807, 2.05) is 6.92 Å². The van der Waals surface area contributed by atoms with Crippen LogP contribution in [0.5, 0.6) is 5.75 Å². The summed E-state index contributed by atoms with van der Waals surface area (Å²) in [6.07, 6.45) is 0. The zero-order chi connectivity index (χ0) is 19.4. The van der Waals surface area contributed by atoms with Gasteiger partial charge in [-0.1, -0.05) is 21.9 Å². The number of halogens is 2. The second kappa shape index (κ2) is 8.22. The van der Waals surface area contributed by atoms with Crippen LogP contribution in [0.15, 0.2) is 39.4 Å². The van der Waals surface area contributed by atoms with E-state index in [0.717, 1.165) is 6.07 Å². The number of rotatable bonds is 7. The number of aryl methyl sites for hydroxylation is 1. The van der Waals surface area contributed by atoms with Gasteiger partial charge in [-0.2, -0.15) is 0 Å². The quantitative estimate of drug-likeness (QED) is 0.603. The Morgan fingerprint density at radius 1 is 1.30 bits per heavy atom. The molecule has 9 heteroatoms. The lowest BCUT2D eigenvalue weighted by Crippen LogP contribution is -2.30. The molecule has 0 N–H and O–H groups in total. The first-order valence-corrected chi connectivity index (χ1v) is 8.59. The highest BCUT2D eigenvalue weighted by Gasteiger charge is 2.21. The fourth-order valence-corrected chi connectivity index (χ4v) is 2.59. The number of furan rings is 1. The lowest BCUT2D eigenvalue weighted by Gasteiger charge is -2.18. The number of aromatic nitrogens is 2. The lowest BCUT2D eigenvalue weighted by molar-refractivity contribution is 0.0712. The highest BCUT2D eigenvalue weighted by molar-refractivity contribution is 6.32. The number of carbonyl (C=O) groups is 1. The molecule has 1 aromatic carbocycles. The van der Waals surface area contributed by atoms with Crippen LogP contribution in [0, 0.1) is 12.7 Å². The van der Waals surface area contributed by atoms with Gasteiger partial charge in [0.15, 0.2) is 5.76 Å². The molecule has 7 nitrogen and oxygen atoms in total. The fourth-order valence-electron chi connectivity index (χ4n) is 2.37. The summed E-state index contributed by atoms with van der Waals surface area (Å²) in [5.41, 5.74) is 1.22. The second-order valence-electron chi connectivity index (χ2n) is 5.75. The molecule has 0 aliphatic rings. The molecule has 0 atom stereocenters. The van der Waals surface area contributed by atoms with Crippen molar-refractivity contribution in [2.75, 3.05) is 6.54 Å². The normalized spacial score (nSPS) is 10.8. The number of carbonyl (C=O) groups excluding carboxylic acids is 1. The van der Waals surface area contributed by atoms with Crippen molar-refractivity contribution in [3.05, 3.63) is 64.1 Å². The number of benzene rings is 1. The molecule has 27 heavy (non-hydrogen) atoms. The van der Waals surface area contributed by atoms with Gasteiger partial charge in [0.05, 0.1) is 11.6 Å². The van der Waals surface area contributed by atoms with E-state index in [1.54, 1.807) is 24.0 Å². The first-order valence-electron chi connectivity index (χ1n) is 8.21. The van der Waals surface area contributed by atoms with Crippen LogP contribution < -0.4 is 4.74 Å². The molecule has 2 heterocycles. The van der Waals surface area contributed by atoms with Gasteiger partial charge in [-0.05, 0) is 44.2 Å². The molecule has 0 radical (unpaired) electrons. The maximum atomic E-state index is 13.1. The summed E-state index contributed by atoms with van der Waals surface area (Å²) in [6, 6.07) is 7.05. The van der Waals surface area contributed by atoms with Crippen LogP contribution in [0.1, 0.15) is 34.6 Å². The highest BCUT2D eigenvalue weighted by Crippen LogP contribution is 2.26. The van der Waals surface area contributed by atoms with Crippen molar-refractivity contribution in [1.82, 2.24) is 15.2 Å². The molecule has 0 fully saturated rings. The van der Waals surface area contributed by atoms with Crippen molar-refractivity contribution in [3.8, 4) is 5.75 Å². The summed E-state index contributed by atoms with van der Waals surface area (Å²) in [5.74, 6) is 0.205. The van der Waals surface area contributed by atoms with Gasteiger partial charge in [-0.25, -0.2) is 9.02 Å². The largest absolute Gasteiger partial charge is 0.484 e. The SMILES string of the molecule is CCN(Cc1nonc1C)C(=O)c1ccc(COc2ccc(F)cc2Cl)o1. The summed E-state index contributed by atoms with van der Waals surface area (Å²) in [5, 5.41) is 7.66. The third-order valence-electron chi connectivity index (χ3n) is 3.89. The minimum atomic E-state index is -0.449. The monoisotopic (exact) mass is 393 g/mol. The van der Waals surface area contributed by atoms with Gasteiger partial charge in [0, 0.05) is 6.54 Å². The molecule has 0 saturated carbocycles. The van der Waals surface area contributed by atoms with E-state index in [1.165, 1.54) is 12.1 Å². The van der Waals surface area contributed by atoms with E-state index < -0.39 is 5.82 Å². The number of hydrogen-bond acceptors (Lipinski definition) is 6. The number of hydrogen-bond donors (Lipinski definition) is 0. The Labute approximate surface area is 159 Å². The Hall–Kier alpha value is -2.87. The molecular weight excluding hydrogens is 377 g/mol. The Balaban J connectivity index is 1.65. The van der Waals surface area contributed by atoms with Gasteiger partial charge in [-0.15, -0.1) is 0 Å². The standard InChI is InChI=1S/C18H17ClFN3O4/c1-3-23(9-15-11(2)21-27-22-15)18(24)17-7-5-13(26-17)10-25-16-6-4-12(20)8-14(16)19/h4-8H,3,9-10H2,1-2H3. The summed E-state index contributed by atoms with van der Waals surface area (Å²) < 4.78 is 28.8. The van der Waals surface area contributed by atoms with Crippen LogP contribution in [0.3, 0.4) is 0 Å². The Morgan fingerprint density at radius 2 is 2.11 bits per heavy atom. The van der Waals surface area contributed by atoms with Gasteiger partial charge in [-0.3, -0.25) is 4.79 Å². The van der Waals surface area contributed by atoms with Crippen molar-refractivity contribution in [2.24, 2.45) is 0 Å². The first-order chi connectivity index (χ1) is 13.0. The van der Waals surface area contributed by atoms with Crippen LogP contribution in [-0.2, 0) is 13.2 Å². The fraction of sp³-hybridized carbons (Fsp3) is 0.278. The minimum absolute atomic E-state index is 0.0527. The Kier molecular flexibility index (Phi) is 5.75. The van der Waals surface area contributed by atoms with Crippen LogP contribution >= 0.6 is 11.6 Å². The molecular formula is C18H17ClFN3O4. The predicted molar refractivity (Wildman–Crippen MR) is 93.9 cm³/mol. The van der Waals surface area contributed by atoms with Crippen LogP contribution in [0.4, 0.5) is 4.39 Å². The Bertz CT molecular complexity index is 940.